The number of alkyl halides is 1. The first kappa shape index (κ1) is 15.7. The summed E-state index contributed by atoms with van der Waals surface area (Å²) in [6.45, 7) is 5.85. The van der Waals surface area contributed by atoms with Crippen LogP contribution in [0.1, 0.15) is 41.5 Å². The number of esters is 1. The molecule has 0 saturated heterocycles. The van der Waals surface area contributed by atoms with Gasteiger partial charge < -0.3 is 9.47 Å². The van der Waals surface area contributed by atoms with Crippen LogP contribution in [0, 0.1) is 0 Å². The van der Waals surface area contributed by atoms with E-state index in [2.05, 4.69) is 15.9 Å². The molecule has 4 nitrogen and oxygen atoms in total. The van der Waals surface area contributed by atoms with Gasteiger partial charge in [0.2, 0.25) is 0 Å². The van der Waals surface area contributed by atoms with Gasteiger partial charge in [0.05, 0.1) is 23.6 Å². The van der Waals surface area contributed by atoms with Crippen LogP contribution in [0.4, 0.5) is 0 Å². The average molecular weight is 329 g/mol. The highest BCUT2D eigenvalue weighted by Gasteiger charge is 2.22. The molecule has 0 amide bonds. The number of ether oxygens (including phenoxy) is 2. The van der Waals surface area contributed by atoms with Crippen LogP contribution in [-0.4, -0.2) is 25.0 Å². The largest absolute Gasteiger partial charge is 0.494 e. The summed E-state index contributed by atoms with van der Waals surface area (Å²) in [7, 11) is 0. The van der Waals surface area contributed by atoms with Crippen LogP contribution in [0.3, 0.4) is 0 Å². The second kappa shape index (κ2) is 7.28. The summed E-state index contributed by atoms with van der Waals surface area (Å²) in [6.07, 6.45) is 0. The quantitative estimate of drug-likeness (QED) is 0.594. The third-order valence-electron chi connectivity index (χ3n) is 2.46. The molecule has 0 aliphatic carbocycles. The lowest BCUT2D eigenvalue weighted by atomic mass is 10.0. The molecule has 0 aliphatic heterocycles. The zero-order valence-electron chi connectivity index (χ0n) is 11.2. The number of benzene rings is 1. The molecule has 0 aromatic heterocycles. The molecule has 0 radical (unpaired) electrons. The molecule has 1 aromatic rings. The lowest BCUT2D eigenvalue weighted by molar-refractivity contribution is -0.116. The lowest BCUT2D eigenvalue weighted by Gasteiger charge is -2.14. The van der Waals surface area contributed by atoms with E-state index >= 15 is 0 Å². The van der Waals surface area contributed by atoms with Gasteiger partial charge >= 0.3 is 5.97 Å². The average Bonchev–Trinajstić information content (AvgIpc) is 2.38. The first-order valence-corrected chi connectivity index (χ1v) is 7.01. The number of rotatable bonds is 6. The zero-order chi connectivity index (χ0) is 14.4. The molecule has 1 aromatic carbocycles. The predicted molar refractivity (Wildman–Crippen MR) is 75.9 cm³/mol. The molecular formula is C14H17BrO4. The molecule has 0 bridgehead atoms. The van der Waals surface area contributed by atoms with Crippen molar-refractivity contribution >= 4 is 27.7 Å². The smallest absolute Gasteiger partial charge is 0.338 e. The van der Waals surface area contributed by atoms with Crippen LogP contribution >= 0.6 is 15.9 Å². The van der Waals surface area contributed by atoms with Crippen LogP contribution in [0.25, 0.3) is 0 Å². The Bertz CT molecular complexity index is 471. The lowest BCUT2D eigenvalue weighted by Crippen LogP contribution is -2.12. The normalized spacial score (nSPS) is 11.8. The highest BCUT2D eigenvalue weighted by atomic mass is 79.9. The van der Waals surface area contributed by atoms with E-state index in [1.54, 1.807) is 25.1 Å². The van der Waals surface area contributed by atoms with Crippen molar-refractivity contribution in [1.29, 1.82) is 0 Å². The summed E-state index contributed by atoms with van der Waals surface area (Å²) < 4.78 is 10.4. The predicted octanol–water partition coefficient (Wildman–Crippen LogP) is 3.29. The minimum atomic E-state index is -0.525. The second-order valence-electron chi connectivity index (χ2n) is 3.88. The minimum absolute atomic E-state index is 0.0743. The Morgan fingerprint density at radius 3 is 2.47 bits per heavy atom. The monoisotopic (exact) mass is 328 g/mol. The van der Waals surface area contributed by atoms with Crippen molar-refractivity contribution in [1.82, 2.24) is 0 Å². The van der Waals surface area contributed by atoms with Crippen molar-refractivity contribution in [2.45, 2.75) is 25.6 Å². The molecule has 1 atom stereocenters. The van der Waals surface area contributed by atoms with Gasteiger partial charge in [0.1, 0.15) is 11.5 Å². The maximum Gasteiger partial charge on any atom is 0.338 e. The van der Waals surface area contributed by atoms with Gasteiger partial charge in [-0.05, 0) is 38.5 Å². The van der Waals surface area contributed by atoms with E-state index in [4.69, 9.17) is 9.47 Å². The number of ketones is 1. The number of carbonyl (C=O) groups excluding carboxylic acids is 2. The number of carbonyl (C=O) groups is 2. The number of halogens is 1. The van der Waals surface area contributed by atoms with Crippen LogP contribution in [0.5, 0.6) is 5.75 Å². The van der Waals surface area contributed by atoms with Crippen molar-refractivity contribution in [3.05, 3.63) is 29.3 Å². The molecule has 104 valence electrons. The molecule has 0 heterocycles. The molecule has 0 N–H and O–H groups in total. The van der Waals surface area contributed by atoms with Crippen LogP contribution < -0.4 is 4.74 Å². The maximum absolute atomic E-state index is 11.9. The molecule has 0 aliphatic rings. The molecule has 0 saturated carbocycles. The van der Waals surface area contributed by atoms with Crippen LogP contribution in [0.2, 0.25) is 0 Å². The van der Waals surface area contributed by atoms with Crippen LogP contribution in [-0.2, 0) is 9.53 Å². The van der Waals surface area contributed by atoms with E-state index in [1.165, 1.54) is 6.92 Å². The van der Waals surface area contributed by atoms with Gasteiger partial charge in [-0.25, -0.2) is 4.79 Å². The van der Waals surface area contributed by atoms with Gasteiger partial charge in [-0.15, -0.1) is 0 Å². The van der Waals surface area contributed by atoms with Crippen molar-refractivity contribution in [2.75, 3.05) is 13.2 Å². The first-order chi connectivity index (χ1) is 9.01. The van der Waals surface area contributed by atoms with Crippen molar-refractivity contribution < 1.29 is 19.1 Å². The Morgan fingerprint density at radius 1 is 1.26 bits per heavy atom. The Hall–Kier alpha value is -1.36. The van der Waals surface area contributed by atoms with Crippen molar-refractivity contribution in [3.63, 3.8) is 0 Å². The first-order valence-electron chi connectivity index (χ1n) is 6.09. The fraction of sp³-hybridized carbons (Fsp3) is 0.429. The number of Topliss-reactive ketones (excluding diaryl/α,β-unsaturated/α-hetero) is 1. The topological polar surface area (TPSA) is 52.6 Å². The van der Waals surface area contributed by atoms with Gasteiger partial charge in [-0.3, -0.25) is 4.79 Å². The van der Waals surface area contributed by atoms with Gasteiger partial charge in [0.15, 0.2) is 0 Å². The van der Waals surface area contributed by atoms with E-state index in [9.17, 15) is 9.59 Å². The fourth-order valence-corrected chi connectivity index (χ4v) is 2.02. The van der Waals surface area contributed by atoms with Crippen molar-refractivity contribution in [3.8, 4) is 5.75 Å². The second-order valence-corrected chi connectivity index (χ2v) is 4.79. The number of hydrogen-bond donors (Lipinski definition) is 0. The van der Waals surface area contributed by atoms with Gasteiger partial charge in [-0.1, -0.05) is 22.0 Å². The number of hydrogen-bond acceptors (Lipinski definition) is 4. The maximum atomic E-state index is 11.9. The Balaban J connectivity index is 3.21. The molecule has 19 heavy (non-hydrogen) atoms. The van der Waals surface area contributed by atoms with E-state index < -0.39 is 10.8 Å². The molecule has 0 fully saturated rings. The zero-order valence-corrected chi connectivity index (χ0v) is 12.8. The molecule has 1 rings (SSSR count). The van der Waals surface area contributed by atoms with E-state index in [-0.39, 0.29) is 12.4 Å². The third kappa shape index (κ3) is 4.06. The standard InChI is InChI=1S/C14H17BrO4/c1-4-18-10-6-7-11(13(15)9(3)16)12(8-10)14(17)19-5-2/h6-8,13H,4-5H2,1-3H3. The summed E-state index contributed by atoms with van der Waals surface area (Å²) in [6, 6.07) is 5.05. The minimum Gasteiger partial charge on any atom is -0.494 e. The van der Waals surface area contributed by atoms with Crippen molar-refractivity contribution in [2.24, 2.45) is 0 Å². The summed E-state index contributed by atoms with van der Waals surface area (Å²) >= 11 is 3.29. The fourth-order valence-electron chi connectivity index (χ4n) is 1.62. The van der Waals surface area contributed by atoms with Gasteiger partial charge in [0, 0.05) is 0 Å². The highest BCUT2D eigenvalue weighted by Crippen LogP contribution is 2.30. The van der Waals surface area contributed by atoms with Gasteiger partial charge in [0.25, 0.3) is 0 Å². The third-order valence-corrected chi connectivity index (χ3v) is 3.60. The molecule has 5 heteroatoms. The summed E-state index contributed by atoms with van der Waals surface area (Å²) in [5.41, 5.74) is 0.944. The molecule has 1 unspecified atom stereocenters. The van der Waals surface area contributed by atoms with Gasteiger partial charge in [-0.2, -0.15) is 0 Å². The van der Waals surface area contributed by atoms with Crippen LogP contribution in [0.15, 0.2) is 18.2 Å². The molecule has 0 spiro atoms. The van der Waals surface area contributed by atoms with E-state index in [0.717, 1.165) is 0 Å². The Morgan fingerprint density at radius 2 is 1.95 bits per heavy atom. The summed E-state index contributed by atoms with van der Waals surface area (Å²) in [5, 5.41) is 0. The summed E-state index contributed by atoms with van der Waals surface area (Å²) in [4.78, 5) is 22.9. The highest BCUT2D eigenvalue weighted by molar-refractivity contribution is 9.09. The SMILES string of the molecule is CCOC(=O)c1cc(OCC)ccc1C(Br)C(C)=O. The molecular weight excluding hydrogens is 312 g/mol. The summed E-state index contributed by atoms with van der Waals surface area (Å²) in [5.74, 6) is 0.0528. The Kier molecular flexibility index (Phi) is 6.02. The van der Waals surface area contributed by atoms with E-state index in [0.29, 0.717) is 23.5 Å². The Labute approximate surface area is 121 Å². The van der Waals surface area contributed by atoms with E-state index in [1.807, 2.05) is 6.92 Å².